The summed E-state index contributed by atoms with van der Waals surface area (Å²) >= 11 is 8.72. The highest BCUT2D eigenvalue weighted by Crippen LogP contribution is 2.36. The van der Waals surface area contributed by atoms with Crippen molar-refractivity contribution in [3.8, 4) is 0 Å². The van der Waals surface area contributed by atoms with Gasteiger partial charge in [0, 0.05) is 8.96 Å². The molecule has 0 saturated heterocycles. The molecule has 78 valence electrons. The number of hydrogen-bond acceptors (Lipinski definition) is 0. The first-order chi connectivity index (χ1) is 7.79. The van der Waals surface area contributed by atoms with E-state index in [-0.39, 0.29) is 0 Å². The van der Waals surface area contributed by atoms with E-state index in [1.54, 1.807) is 0 Å². The Labute approximate surface area is 112 Å². The van der Waals surface area contributed by atoms with Gasteiger partial charge in [-0.15, -0.1) is 0 Å². The van der Waals surface area contributed by atoms with Gasteiger partial charge in [0.25, 0.3) is 0 Å². The van der Waals surface area contributed by atoms with Crippen LogP contribution in [0.25, 0.3) is 21.5 Å². The average Bonchev–Trinajstić information content (AvgIpc) is 2.36. The van der Waals surface area contributed by atoms with Gasteiger partial charge in [-0.2, -0.15) is 0 Å². The summed E-state index contributed by atoms with van der Waals surface area (Å²) < 4.78 is 1.13. The summed E-state index contributed by atoms with van der Waals surface area (Å²) in [6.45, 7) is 0. The van der Waals surface area contributed by atoms with E-state index in [0.717, 1.165) is 14.0 Å². The maximum Gasteiger partial charge on any atom is 0.0624 e. The van der Waals surface area contributed by atoms with Gasteiger partial charge in [-0.25, -0.2) is 0 Å². The van der Waals surface area contributed by atoms with E-state index in [1.807, 2.05) is 6.07 Å². The minimum atomic E-state index is 0.856. The van der Waals surface area contributed by atoms with Crippen LogP contribution >= 0.6 is 34.2 Å². The highest BCUT2D eigenvalue weighted by atomic mass is 127. The molecule has 3 aromatic rings. The van der Waals surface area contributed by atoms with Gasteiger partial charge in [-0.05, 0) is 38.7 Å². The summed E-state index contributed by atoms with van der Waals surface area (Å²) in [5, 5.41) is 5.71. The molecule has 2 heteroatoms. The van der Waals surface area contributed by atoms with Crippen molar-refractivity contribution in [3.63, 3.8) is 0 Å². The molecule has 3 rings (SSSR count). The van der Waals surface area contributed by atoms with Crippen molar-refractivity contribution in [3.05, 3.63) is 57.1 Å². The molecule has 0 radical (unpaired) electrons. The SMILES string of the molecule is Clc1c(I)c2ccccc2c2ccccc12. The molecule has 0 N–H and O–H groups in total. The summed E-state index contributed by atoms with van der Waals surface area (Å²) in [6.07, 6.45) is 0. The molecule has 16 heavy (non-hydrogen) atoms. The average molecular weight is 339 g/mol. The normalized spacial score (nSPS) is 11.1. The van der Waals surface area contributed by atoms with E-state index >= 15 is 0 Å². The molecule has 0 saturated carbocycles. The summed E-state index contributed by atoms with van der Waals surface area (Å²) in [5.74, 6) is 0. The second kappa shape index (κ2) is 3.90. The molecule has 0 nitrogen and oxygen atoms in total. The van der Waals surface area contributed by atoms with Gasteiger partial charge >= 0.3 is 0 Å². The molecular weight excluding hydrogens is 331 g/mol. The molecule has 0 spiro atoms. The molecular formula is C14H8ClI. The lowest BCUT2D eigenvalue weighted by Crippen LogP contribution is -1.84. The number of fused-ring (bicyclic) bond motifs is 3. The van der Waals surface area contributed by atoms with Gasteiger partial charge in [0.1, 0.15) is 0 Å². The van der Waals surface area contributed by atoms with Crippen molar-refractivity contribution in [1.29, 1.82) is 0 Å². The number of halogens is 2. The lowest BCUT2D eigenvalue weighted by molar-refractivity contribution is 1.73. The first-order valence-electron chi connectivity index (χ1n) is 5.03. The van der Waals surface area contributed by atoms with Crippen molar-refractivity contribution in [1.82, 2.24) is 0 Å². The van der Waals surface area contributed by atoms with E-state index in [4.69, 9.17) is 11.6 Å². The molecule has 0 amide bonds. The Bertz CT molecular complexity index is 628. The Morgan fingerprint density at radius 2 is 1.12 bits per heavy atom. The van der Waals surface area contributed by atoms with Crippen LogP contribution < -0.4 is 0 Å². The zero-order chi connectivity index (χ0) is 11.1. The Kier molecular flexibility index (Phi) is 2.52. The molecule has 0 bridgehead atoms. The number of rotatable bonds is 0. The molecule has 0 aliphatic heterocycles. The molecule has 0 atom stereocenters. The molecule has 0 heterocycles. The van der Waals surface area contributed by atoms with Crippen LogP contribution in [0, 0.1) is 3.57 Å². The summed E-state index contributed by atoms with van der Waals surface area (Å²) in [4.78, 5) is 0. The van der Waals surface area contributed by atoms with Crippen molar-refractivity contribution < 1.29 is 0 Å². The quantitative estimate of drug-likeness (QED) is 0.388. The van der Waals surface area contributed by atoms with Crippen LogP contribution in [0.15, 0.2) is 48.5 Å². The number of hydrogen-bond donors (Lipinski definition) is 0. The zero-order valence-corrected chi connectivity index (χ0v) is 11.3. The molecule has 0 aliphatic carbocycles. The lowest BCUT2D eigenvalue weighted by atomic mass is 10.0. The monoisotopic (exact) mass is 338 g/mol. The van der Waals surface area contributed by atoms with E-state index < -0.39 is 0 Å². The minimum Gasteiger partial charge on any atom is -0.0825 e. The van der Waals surface area contributed by atoms with Gasteiger partial charge in [-0.3, -0.25) is 0 Å². The van der Waals surface area contributed by atoms with E-state index in [2.05, 4.69) is 65.1 Å². The van der Waals surface area contributed by atoms with Crippen LogP contribution in [0.5, 0.6) is 0 Å². The number of benzene rings is 3. The highest BCUT2D eigenvalue weighted by Gasteiger charge is 2.09. The Balaban J connectivity index is 2.69. The van der Waals surface area contributed by atoms with Gasteiger partial charge in [0.05, 0.1) is 5.02 Å². The molecule has 0 aromatic heterocycles. The van der Waals surface area contributed by atoms with Crippen LogP contribution in [-0.4, -0.2) is 0 Å². The molecule has 0 unspecified atom stereocenters. The smallest absolute Gasteiger partial charge is 0.0624 e. The maximum absolute atomic E-state index is 6.40. The van der Waals surface area contributed by atoms with Crippen molar-refractivity contribution in [2.75, 3.05) is 0 Å². The summed E-state index contributed by atoms with van der Waals surface area (Å²) in [6, 6.07) is 16.7. The van der Waals surface area contributed by atoms with Gasteiger partial charge in [0.15, 0.2) is 0 Å². The lowest BCUT2D eigenvalue weighted by Gasteiger charge is -2.08. The van der Waals surface area contributed by atoms with E-state index in [9.17, 15) is 0 Å². The third kappa shape index (κ3) is 1.42. The fourth-order valence-corrected chi connectivity index (χ4v) is 3.08. The standard InChI is InChI=1S/C14H8ClI/c15-13-11-7-3-1-5-9(11)10-6-2-4-8-12(10)14(13)16/h1-8H. The topological polar surface area (TPSA) is 0 Å². The third-order valence-electron chi connectivity index (χ3n) is 2.81. The van der Waals surface area contributed by atoms with Crippen LogP contribution in [0.3, 0.4) is 0 Å². The Morgan fingerprint density at radius 3 is 1.75 bits per heavy atom. The van der Waals surface area contributed by atoms with Crippen molar-refractivity contribution in [2.24, 2.45) is 0 Å². The van der Waals surface area contributed by atoms with E-state index in [0.29, 0.717) is 0 Å². The van der Waals surface area contributed by atoms with Crippen LogP contribution in [0.4, 0.5) is 0 Å². The Morgan fingerprint density at radius 1 is 0.688 bits per heavy atom. The van der Waals surface area contributed by atoms with Crippen LogP contribution in [-0.2, 0) is 0 Å². The predicted molar refractivity (Wildman–Crippen MR) is 79.2 cm³/mol. The van der Waals surface area contributed by atoms with E-state index in [1.165, 1.54) is 16.2 Å². The third-order valence-corrected chi connectivity index (χ3v) is 4.64. The highest BCUT2D eigenvalue weighted by molar-refractivity contribution is 14.1. The minimum absolute atomic E-state index is 0.856. The van der Waals surface area contributed by atoms with Crippen molar-refractivity contribution in [2.45, 2.75) is 0 Å². The van der Waals surface area contributed by atoms with Gasteiger partial charge in [-0.1, -0.05) is 60.1 Å². The van der Waals surface area contributed by atoms with Crippen LogP contribution in [0.1, 0.15) is 0 Å². The first kappa shape index (κ1) is 10.4. The second-order valence-electron chi connectivity index (χ2n) is 3.72. The summed E-state index contributed by atoms with van der Waals surface area (Å²) in [7, 11) is 0. The largest absolute Gasteiger partial charge is 0.0825 e. The van der Waals surface area contributed by atoms with Crippen LogP contribution in [0.2, 0.25) is 5.02 Å². The first-order valence-corrected chi connectivity index (χ1v) is 6.49. The molecule has 0 fully saturated rings. The molecule has 3 aromatic carbocycles. The fourth-order valence-electron chi connectivity index (χ4n) is 2.06. The Hall–Kier alpha value is -0.800. The van der Waals surface area contributed by atoms with Gasteiger partial charge < -0.3 is 0 Å². The molecule has 0 aliphatic rings. The zero-order valence-electron chi connectivity index (χ0n) is 8.37. The predicted octanol–water partition coefficient (Wildman–Crippen LogP) is 5.25. The summed E-state index contributed by atoms with van der Waals surface area (Å²) in [5.41, 5.74) is 0. The second-order valence-corrected chi connectivity index (χ2v) is 5.18. The van der Waals surface area contributed by atoms with Gasteiger partial charge in [0.2, 0.25) is 0 Å². The fraction of sp³-hybridized carbons (Fsp3) is 0. The van der Waals surface area contributed by atoms with Crippen molar-refractivity contribution >= 4 is 55.7 Å². The maximum atomic E-state index is 6.40.